The van der Waals surface area contributed by atoms with E-state index in [1.54, 1.807) is 11.8 Å². The second kappa shape index (κ2) is 6.19. The molecule has 116 valence electrons. The minimum absolute atomic E-state index is 0.0357. The Morgan fingerprint density at radius 2 is 2.00 bits per heavy atom. The molecule has 1 N–H and O–H groups in total. The van der Waals surface area contributed by atoms with Crippen molar-refractivity contribution in [2.24, 2.45) is 0 Å². The fourth-order valence-electron chi connectivity index (χ4n) is 2.25. The molecule has 0 radical (unpaired) electrons. The first-order valence-electron chi connectivity index (χ1n) is 6.68. The highest BCUT2D eigenvalue weighted by atomic mass is 19.4. The highest BCUT2D eigenvalue weighted by Gasteiger charge is 2.40. The summed E-state index contributed by atoms with van der Waals surface area (Å²) in [5, 5.41) is 0. The van der Waals surface area contributed by atoms with Crippen LogP contribution in [-0.2, 0) is 10.9 Å². The summed E-state index contributed by atoms with van der Waals surface area (Å²) in [7, 11) is 0. The Balaban J connectivity index is 2.08. The molecule has 1 aliphatic heterocycles. The first-order valence-corrected chi connectivity index (χ1v) is 6.68. The molecule has 0 atom stereocenters. The quantitative estimate of drug-likeness (QED) is 0.837. The Labute approximate surface area is 120 Å². The average Bonchev–Trinajstić information content (AvgIpc) is 2.47. The van der Waals surface area contributed by atoms with Crippen molar-refractivity contribution in [3.63, 3.8) is 0 Å². The molecular formula is C13H17F3N3O2+. The predicted molar refractivity (Wildman–Crippen MR) is 68.8 cm³/mol. The molecule has 0 aliphatic carbocycles. The molecule has 0 spiro atoms. The van der Waals surface area contributed by atoms with Gasteiger partial charge in [0.2, 0.25) is 0 Å². The van der Waals surface area contributed by atoms with Crippen molar-refractivity contribution in [1.29, 1.82) is 0 Å². The standard InChI is InChI=1S/C13H16F3N3O2/c1-2-21-12(20)19-8-6-18(7-9-19)11-10(13(14,15)16)4-3-5-17-11/h3-5H,2,6-9H2,1H3/p+1. The van der Waals surface area contributed by atoms with Crippen LogP contribution in [-0.4, -0.2) is 43.8 Å². The maximum absolute atomic E-state index is 13.0. The van der Waals surface area contributed by atoms with Gasteiger partial charge < -0.3 is 9.64 Å². The number of rotatable bonds is 2. The normalized spacial score (nSPS) is 16.0. The number of H-pyrrole nitrogens is 1. The van der Waals surface area contributed by atoms with Gasteiger partial charge in [-0.3, -0.25) is 4.90 Å². The van der Waals surface area contributed by atoms with Crippen LogP contribution >= 0.6 is 0 Å². The van der Waals surface area contributed by atoms with E-state index in [0.717, 1.165) is 6.07 Å². The van der Waals surface area contributed by atoms with Crippen LogP contribution in [0.4, 0.5) is 23.8 Å². The largest absolute Gasteiger partial charge is 0.450 e. The molecule has 2 rings (SSSR count). The maximum Gasteiger partial charge on any atom is 0.424 e. The van der Waals surface area contributed by atoms with Crippen molar-refractivity contribution in [2.75, 3.05) is 37.7 Å². The van der Waals surface area contributed by atoms with Gasteiger partial charge in [0.15, 0.2) is 0 Å². The molecule has 1 aromatic heterocycles. The number of anilines is 1. The molecule has 0 aromatic carbocycles. The van der Waals surface area contributed by atoms with E-state index in [0.29, 0.717) is 26.2 Å². The number of hydrogen-bond acceptors (Lipinski definition) is 3. The maximum atomic E-state index is 13.0. The van der Waals surface area contributed by atoms with Crippen LogP contribution in [0.25, 0.3) is 0 Å². The van der Waals surface area contributed by atoms with Crippen molar-refractivity contribution in [1.82, 2.24) is 4.90 Å². The van der Waals surface area contributed by atoms with Crippen LogP contribution in [0.3, 0.4) is 0 Å². The first kappa shape index (κ1) is 15.4. The number of hydrogen-bond donors (Lipinski definition) is 0. The fraction of sp³-hybridized carbons (Fsp3) is 0.538. The van der Waals surface area contributed by atoms with Gasteiger partial charge in [-0.25, -0.2) is 9.78 Å². The zero-order chi connectivity index (χ0) is 15.5. The van der Waals surface area contributed by atoms with Gasteiger partial charge in [-0.05, 0) is 19.1 Å². The third-order valence-corrected chi connectivity index (χ3v) is 3.26. The lowest BCUT2D eigenvalue weighted by molar-refractivity contribution is -0.367. The number of ether oxygens (including phenoxy) is 1. The van der Waals surface area contributed by atoms with Crippen LogP contribution in [0.5, 0.6) is 0 Å². The summed E-state index contributed by atoms with van der Waals surface area (Å²) in [6.45, 7) is 3.30. The number of halogens is 3. The predicted octanol–water partition coefficient (Wildman–Crippen LogP) is 1.80. The van der Waals surface area contributed by atoms with Gasteiger partial charge in [0, 0.05) is 0 Å². The molecule has 21 heavy (non-hydrogen) atoms. The van der Waals surface area contributed by atoms with E-state index in [1.807, 2.05) is 0 Å². The van der Waals surface area contributed by atoms with Crippen molar-refractivity contribution in [2.45, 2.75) is 13.1 Å². The van der Waals surface area contributed by atoms with E-state index in [4.69, 9.17) is 4.74 Å². The SMILES string of the molecule is CCOC(=O)N1CCN(c2[nH+]cccc2C(F)(F)F)CC1. The lowest BCUT2D eigenvalue weighted by atomic mass is 10.2. The Bertz CT molecular complexity index is 500. The van der Waals surface area contributed by atoms with Gasteiger partial charge in [-0.15, -0.1) is 0 Å². The fourth-order valence-corrected chi connectivity index (χ4v) is 2.25. The second-order valence-electron chi connectivity index (χ2n) is 4.60. The number of carbonyl (C=O) groups excluding carboxylic acids is 1. The summed E-state index contributed by atoms with van der Waals surface area (Å²) in [4.78, 5) is 17.3. The number of aromatic amines is 1. The number of carbonyl (C=O) groups is 1. The monoisotopic (exact) mass is 304 g/mol. The van der Waals surface area contributed by atoms with E-state index in [1.165, 1.54) is 17.2 Å². The van der Waals surface area contributed by atoms with E-state index in [9.17, 15) is 18.0 Å². The summed E-state index contributed by atoms with van der Waals surface area (Å²) in [5.41, 5.74) is -0.699. The van der Waals surface area contributed by atoms with Gasteiger partial charge in [-0.1, -0.05) is 0 Å². The van der Waals surface area contributed by atoms with Gasteiger partial charge in [0.05, 0.1) is 25.9 Å². The average molecular weight is 304 g/mol. The zero-order valence-electron chi connectivity index (χ0n) is 11.6. The number of nitrogens with one attached hydrogen (secondary N) is 1. The number of aromatic nitrogens is 1. The molecule has 2 heterocycles. The van der Waals surface area contributed by atoms with E-state index in [2.05, 4.69) is 4.98 Å². The zero-order valence-corrected chi connectivity index (χ0v) is 11.6. The van der Waals surface area contributed by atoms with Gasteiger partial charge in [0.1, 0.15) is 18.7 Å². The smallest absolute Gasteiger partial charge is 0.424 e. The summed E-state index contributed by atoms with van der Waals surface area (Å²) < 4.78 is 43.8. The minimum atomic E-state index is -4.41. The van der Waals surface area contributed by atoms with Crippen LogP contribution in [0.1, 0.15) is 12.5 Å². The molecule has 0 unspecified atom stereocenters. The van der Waals surface area contributed by atoms with E-state index in [-0.39, 0.29) is 12.4 Å². The number of amides is 1. The van der Waals surface area contributed by atoms with Crippen molar-refractivity contribution in [3.8, 4) is 0 Å². The van der Waals surface area contributed by atoms with Crippen molar-refractivity contribution < 1.29 is 27.7 Å². The lowest BCUT2D eigenvalue weighted by Crippen LogP contribution is -2.50. The highest BCUT2D eigenvalue weighted by molar-refractivity contribution is 5.68. The Hall–Kier alpha value is -1.99. The Morgan fingerprint density at radius 3 is 2.57 bits per heavy atom. The van der Waals surface area contributed by atoms with Gasteiger partial charge in [-0.2, -0.15) is 13.2 Å². The molecule has 1 aromatic rings. The van der Waals surface area contributed by atoms with Crippen LogP contribution in [0.15, 0.2) is 18.3 Å². The molecule has 0 bridgehead atoms. The number of pyridine rings is 1. The summed E-state index contributed by atoms with van der Waals surface area (Å²) >= 11 is 0. The molecule has 0 saturated carbocycles. The Kier molecular flexibility index (Phi) is 4.54. The van der Waals surface area contributed by atoms with Crippen molar-refractivity contribution in [3.05, 3.63) is 23.9 Å². The molecule has 1 aliphatic rings. The lowest BCUT2D eigenvalue weighted by Gasteiger charge is -2.30. The van der Waals surface area contributed by atoms with Gasteiger partial charge in [0.25, 0.3) is 5.82 Å². The van der Waals surface area contributed by atoms with E-state index < -0.39 is 17.8 Å². The Morgan fingerprint density at radius 1 is 1.33 bits per heavy atom. The summed E-state index contributed by atoms with van der Waals surface area (Å²) in [6, 6.07) is 2.37. The van der Waals surface area contributed by atoms with Crippen LogP contribution in [0, 0.1) is 0 Å². The third-order valence-electron chi connectivity index (χ3n) is 3.26. The molecule has 8 heteroatoms. The van der Waals surface area contributed by atoms with Crippen LogP contribution in [0.2, 0.25) is 0 Å². The molecule has 1 saturated heterocycles. The number of piperazine rings is 1. The molecule has 5 nitrogen and oxygen atoms in total. The topological polar surface area (TPSA) is 46.9 Å². The second-order valence-corrected chi connectivity index (χ2v) is 4.60. The summed E-state index contributed by atoms with van der Waals surface area (Å²) in [6.07, 6.45) is -3.38. The summed E-state index contributed by atoms with van der Waals surface area (Å²) in [5.74, 6) is 0.0357. The molecule has 1 fully saturated rings. The highest BCUT2D eigenvalue weighted by Crippen LogP contribution is 2.34. The van der Waals surface area contributed by atoms with E-state index >= 15 is 0 Å². The minimum Gasteiger partial charge on any atom is -0.450 e. The first-order chi connectivity index (χ1) is 9.93. The number of nitrogens with zero attached hydrogens (tertiary/aromatic N) is 2. The van der Waals surface area contributed by atoms with Crippen LogP contribution < -0.4 is 9.88 Å². The number of alkyl halides is 3. The van der Waals surface area contributed by atoms with Gasteiger partial charge >= 0.3 is 12.3 Å². The van der Waals surface area contributed by atoms with Crippen molar-refractivity contribution >= 4 is 11.9 Å². The molecule has 1 amide bonds. The third kappa shape index (κ3) is 3.56. The molecular weight excluding hydrogens is 287 g/mol.